The van der Waals surface area contributed by atoms with Crippen LogP contribution in [0.5, 0.6) is 5.75 Å². The van der Waals surface area contributed by atoms with Crippen molar-refractivity contribution in [1.82, 2.24) is 10.5 Å². The SMILES string of the molecule is COc1ccc(-c2cc(CCCC(=O)NCc3ccc(C)cc3)no2)cc1. The summed E-state index contributed by atoms with van der Waals surface area (Å²) in [5, 5.41) is 7.05. The molecule has 0 unspecified atom stereocenters. The number of rotatable bonds is 8. The number of methoxy groups -OCH3 is 1. The van der Waals surface area contributed by atoms with E-state index in [0.717, 1.165) is 34.8 Å². The number of benzene rings is 2. The molecule has 3 rings (SSSR count). The number of hydrogen-bond acceptors (Lipinski definition) is 4. The third-order valence-corrected chi connectivity index (χ3v) is 4.38. The summed E-state index contributed by atoms with van der Waals surface area (Å²) in [6.07, 6.45) is 1.91. The van der Waals surface area contributed by atoms with Crippen molar-refractivity contribution in [1.29, 1.82) is 0 Å². The standard InChI is InChI=1S/C22H24N2O3/c1-16-6-8-17(9-7-16)15-23-22(25)5-3-4-19-14-21(27-24-19)18-10-12-20(26-2)13-11-18/h6-14H,3-5,15H2,1-2H3,(H,23,25). The number of aryl methyl sites for hydroxylation is 2. The fourth-order valence-electron chi connectivity index (χ4n) is 2.75. The highest BCUT2D eigenvalue weighted by atomic mass is 16.5. The van der Waals surface area contributed by atoms with Crippen molar-refractivity contribution in [2.45, 2.75) is 32.7 Å². The normalized spacial score (nSPS) is 10.6. The molecule has 0 aliphatic carbocycles. The smallest absolute Gasteiger partial charge is 0.220 e. The van der Waals surface area contributed by atoms with Crippen LogP contribution < -0.4 is 10.1 Å². The van der Waals surface area contributed by atoms with Crippen molar-refractivity contribution in [2.24, 2.45) is 0 Å². The average molecular weight is 364 g/mol. The maximum absolute atomic E-state index is 12.0. The van der Waals surface area contributed by atoms with Gasteiger partial charge in [-0.2, -0.15) is 0 Å². The van der Waals surface area contributed by atoms with E-state index in [9.17, 15) is 4.79 Å². The van der Waals surface area contributed by atoms with Crippen LogP contribution in [0.25, 0.3) is 11.3 Å². The molecular weight excluding hydrogens is 340 g/mol. The van der Waals surface area contributed by atoms with Gasteiger partial charge in [0.25, 0.3) is 0 Å². The first-order valence-electron chi connectivity index (χ1n) is 9.06. The number of amides is 1. The molecule has 0 spiro atoms. The van der Waals surface area contributed by atoms with Crippen LogP contribution in [0, 0.1) is 6.92 Å². The zero-order valence-electron chi connectivity index (χ0n) is 15.7. The lowest BCUT2D eigenvalue weighted by molar-refractivity contribution is -0.121. The lowest BCUT2D eigenvalue weighted by Crippen LogP contribution is -2.22. The average Bonchev–Trinajstić information content (AvgIpc) is 3.16. The molecule has 5 heteroatoms. The zero-order valence-corrected chi connectivity index (χ0v) is 15.7. The molecule has 0 radical (unpaired) electrons. The van der Waals surface area contributed by atoms with Crippen LogP contribution in [0.2, 0.25) is 0 Å². The molecule has 1 aromatic heterocycles. The van der Waals surface area contributed by atoms with E-state index in [1.165, 1.54) is 5.56 Å². The van der Waals surface area contributed by atoms with E-state index < -0.39 is 0 Å². The van der Waals surface area contributed by atoms with Crippen LogP contribution >= 0.6 is 0 Å². The van der Waals surface area contributed by atoms with Crippen molar-refractivity contribution in [3.63, 3.8) is 0 Å². The van der Waals surface area contributed by atoms with Crippen LogP contribution in [0.4, 0.5) is 0 Å². The summed E-state index contributed by atoms with van der Waals surface area (Å²) in [6, 6.07) is 17.7. The maximum Gasteiger partial charge on any atom is 0.220 e. The van der Waals surface area contributed by atoms with Gasteiger partial charge in [-0.3, -0.25) is 4.79 Å². The quantitative estimate of drug-likeness (QED) is 0.647. The molecule has 0 saturated carbocycles. The molecule has 1 amide bonds. The second kappa shape index (κ2) is 9.03. The predicted molar refractivity (Wildman–Crippen MR) is 104 cm³/mol. The van der Waals surface area contributed by atoms with Gasteiger partial charge in [0.05, 0.1) is 12.8 Å². The number of nitrogens with zero attached hydrogens (tertiary/aromatic N) is 1. The van der Waals surface area contributed by atoms with Gasteiger partial charge in [0.2, 0.25) is 5.91 Å². The van der Waals surface area contributed by atoms with Crippen molar-refractivity contribution >= 4 is 5.91 Å². The minimum Gasteiger partial charge on any atom is -0.497 e. The maximum atomic E-state index is 12.0. The molecule has 0 atom stereocenters. The Balaban J connectivity index is 1.43. The van der Waals surface area contributed by atoms with E-state index in [-0.39, 0.29) is 5.91 Å². The summed E-state index contributed by atoms with van der Waals surface area (Å²) >= 11 is 0. The Morgan fingerprint density at radius 2 is 1.85 bits per heavy atom. The van der Waals surface area contributed by atoms with Gasteiger partial charge >= 0.3 is 0 Å². The van der Waals surface area contributed by atoms with Crippen molar-refractivity contribution in [2.75, 3.05) is 7.11 Å². The van der Waals surface area contributed by atoms with Gasteiger partial charge in [-0.25, -0.2) is 0 Å². The molecular formula is C22H24N2O3. The van der Waals surface area contributed by atoms with Gasteiger partial charge in [-0.1, -0.05) is 35.0 Å². The predicted octanol–water partition coefficient (Wildman–Crippen LogP) is 4.30. The van der Waals surface area contributed by atoms with Gasteiger partial charge in [-0.05, 0) is 49.6 Å². The fourth-order valence-corrected chi connectivity index (χ4v) is 2.75. The molecule has 1 N–H and O–H groups in total. The third kappa shape index (κ3) is 5.45. The second-order valence-corrected chi connectivity index (χ2v) is 6.53. The number of carbonyl (C=O) groups excluding carboxylic acids is 1. The number of carbonyl (C=O) groups is 1. The molecule has 0 saturated heterocycles. The lowest BCUT2D eigenvalue weighted by Gasteiger charge is -2.05. The van der Waals surface area contributed by atoms with Crippen LogP contribution in [-0.4, -0.2) is 18.2 Å². The molecule has 140 valence electrons. The third-order valence-electron chi connectivity index (χ3n) is 4.38. The zero-order chi connectivity index (χ0) is 19.1. The number of hydrogen-bond donors (Lipinski definition) is 1. The Hall–Kier alpha value is -3.08. The van der Waals surface area contributed by atoms with Crippen LogP contribution in [0.3, 0.4) is 0 Å². The molecule has 0 aliphatic heterocycles. The Bertz CT molecular complexity index is 867. The first kappa shape index (κ1) is 18.7. The van der Waals surface area contributed by atoms with Crippen molar-refractivity contribution in [3.05, 3.63) is 71.4 Å². The van der Waals surface area contributed by atoms with E-state index >= 15 is 0 Å². The van der Waals surface area contributed by atoms with E-state index in [1.54, 1.807) is 7.11 Å². The summed E-state index contributed by atoms with van der Waals surface area (Å²) < 4.78 is 10.6. The van der Waals surface area contributed by atoms with Gasteiger partial charge in [0.15, 0.2) is 5.76 Å². The molecule has 27 heavy (non-hydrogen) atoms. The first-order chi connectivity index (χ1) is 13.1. The Labute approximate surface area is 159 Å². The molecule has 5 nitrogen and oxygen atoms in total. The molecule has 2 aromatic carbocycles. The molecule has 3 aromatic rings. The van der Waals surface area contributed by atoms with E-state index in [2.05, 4.69) is 10.5 Å². The lowest BCUT2D eigenvalue weighted by atomic mass is 10.1. The largest absolute Gasteiger partial charge is 0.497 e. The molecule has 0 fully saturated rings. The summed E-state index contributed by atoms with van der Waals surface area (Å²) in [5.41, 5.74) is 4.12. The fraction of sp³-hybridized carbons (Fsp3) is 0.273. The van der Waals surface area contributed by atoms with E-state index in [4.69, 9.17) is 9.26 Å². The minimum absolute atomic E-state index is 0.0504. The minimum atomic E-state index is 0.0504. The van der Waals surface area contributed by atoms with E-state index in [0.29, 0.717) is 19.4 Å². The number of aromatic nitrogens is 1. The highest BCUT2D eigenvalue weighted by Gasteiger charge is 2.08. The van der Waals surface area contributed by atoms with Crippen LogP contribution in [0.15, 0.2) is 59.1 Å². The second-order valence-electron chi connectivity index (χ2n) is 6.53. The number of nitrogens with one attached hydrogen (secondary N) is 1. The van der Waals surface area contributed by atoms with Gasteiger partial charge in [-0.15, -0.1) is 0 Å². The van der Waals surface area contributed by atoms with Gasteiger partial charge < -0.3 is 14.6 Å². The molecule has 1 heterocycles. The Kier molecular flexibility index (Phi) is 6.26. The van der Waals surface area contributed by atoms with Gasteiger partial charge in [0.1, 0.15) is 5.75 Å². The molecule has 0 aliphatic rings. The topological polar surface area (TPSA) is 64.4 Å². The summed E-state index contributed by atoms with van der Waals surface area (Å²) in [7, 11) is 1.64. The van der Waals surface area contributed by atoms with E-state index in [1.807, 2.05) is 61.5 Å². The Morgan fingerprint density at radius 1 is 1.11 bits per heavy atom. The highest BCUT2D eigenvalue weighted by Crippen LogP contribution is 2.23. The van der Waals surface area contributed by atoms with Crippen LogP contribution in [0.1, 0.15) is 29.7 Å². The number of ether oxygens (including phenoxy) is 1. The first-order valence-corrected chi connectivity index (χ1v) is 9.06. The monoisotopic (exact) mass is 364 g/mol. The van der Waals surface area contributed by atoms with Crippen molar-refractivity contribution < 1.29 is 14.1 Å². The van der Waals surface area contributed by atoms with Crippen LogP contribution in [-0.2, 0) is 17.8 Å². The van der Waals surface area contributed by atoms with Crippen molar-refractivity contribution in [3.8, 4) is 17.1 Å². The van der Waals surface area contributed by atoms with Gasteiger partial charge in [0, 0.05) is 24.6 Å². The highest BCUT2D eigenvalue weighted by molar-refractivity contribution is 5.75. The Morgan fingerprint density at radius 3 is 2.56 bits per heavy atom. The summed E-state index contributed by atoms with van der Waals surface area (Å²) in [4.78, 5) is 12.0. The summed E-state index contributed by atoms with van der Waals surface area (Å²) in [5.74, 6) is 1.57. The summed E-state index contributed by atoms with van der Waals surface area (Å²) in [6.45, 7) is 2.61. The molecule has 0 bridgehead atoms.